The van der Waals surface area contributed by atoms with E-state index < -0.39 is 0 Å². The maximum absolute atomic E-state index is 11.8. The SMILES string of the molecule is CC(N)C(C)C(=O)Nc1ccc(-c2ncon2)cc1. The molecule has 2 rings (SSSR count). The summed E-state index contributed by atoms with van der Waals surface area (Å²) in [5, 5.41) is 6.55. The van der Waals surface area contributed by atoms with E-state index in [1.807, 2.05) is 19.1 Å². The number of nitrogens with zero attached hydrogens (tertiary/aromatic N) is 2. The van der Waals surface area contributed by atoms with Crippen molar-refractivity contribution < 1.29 is 9.32 Å². The topological polar surface area (TPSA) is 94.0 Å². The Morgan fingerprint density at radius 2 is 2.00 bits per heavy atom. The number of carbonyl (C=O) groups excluding carboxylic acids is 1. The van der Waals surface area contributed by atoms with Crippen LogP contribution in [0.15, 0.2) is 35.2 Å². The summed E-state index contributed by atoms with van der Waals surface area (Å²) in [6, 6.07) is 7.03. The molecule has 1 aromatic carbocycles. The summed E-state index contributed by atoms with van der Waals surface area (Å²) < 4.78 is 4.68. The van der Waals surface area contributed by atoms with Gasteiger partial charge in [-0.25, -0.2) is 0 Å². The molecule has 0 spiro atoms. The van der Waals surface area contributed by atoms with Crippen LogP contribution in [0.1, 0.15) is 13.8 Å². The second-order valence-corrected chi connectivity index (χ2v) is 4.47. The fourth-order valence-electron chi connectivity index (χ4n) is 1.50. The van der Waals surface area contributed by atoms with Crippen molar-refractivity contribution in [3.63, 3.8) is 0 Å². The van der Waals surface area contributed by atoms with Crippen molar-refractivity contribution in [3.8, 4) is 11.4 Å². The summed E-state index contributed by atoms with van der Waals surface area (Å²) in [6.07, 6.45) is 1.27. The summed E-state index contributed by atoms with van der Waals surface area (Å²) in [5.41, 5.74) is 7.23. The van der Waals surface area contributed by atoms with Gasteiger partial charge in [-0.05, 0) is 31.2 Å². The van der Waals surface area contributed by atoms with Gasteiger partial charge >= 0.3 is 0 Å². The number of amides is 1. The monoisotopic (exact) mass is 260 g/mol. The number of aromatic nitrogens is 2. The van der Waals surface area contributed by atoms with E-state index in [0.29, 0.717) is 11.5 Å². The van der Waals surface area contributed by atoms with Gasteiger partial charge in [0, 0.05) is 17.3 Å². The number of nitrogens with one attached hydrogen (secondary N) is 1. The molecule has 0 fully saturated rings. The zero-order valence-electron chi connectivity index (χ0n) is 10.8. The third-order valence-corrected chi connectivity index (χ3v) is 2.97. The standard InChI is InChI=1S/C13H16N4O2/c1-8(9(2)14)13(18)16-11-5-3-10(4-6-11)12-15-7-19-17-12/h3-9H,14H2,1-2H3,(H,16,18). The normalized spacial score (nSPS) is 13.8. The Labute approximate surface area is 111 Å². The average molecular weight is 260 g/mol. The van der Waals surface area contributed by atoms with Crippen molar-refractivity contribution in [2.75, 3.05) is 5.32 Å². The maximum atomic E-state index is 11.8. The second-order valence-electron chi connectivity index (χ2n) is 4.47. The molecule has 2 unspecified atom stereocenters. The maximum Gasteiger partial charge on any atom is 0.228 e. The number of carbonyl (C=O) groups is 1. The van der Waals surface area contributed by atoms with Crippen molar-refractivity contribution in [3.05, 3.63) is 30.7 Å². The summed E-state index contributed by atoms with van der Waals surface area (Å²) in [6.45, 7) is 3.61. The molecule has 0 bridgehead atoms. The van der Waals surface area contributed by atoms with Gasteiger partial charge in [0.2, 0.25) is 18.1 Å². The van der Waals surface area contributed by atoms with Crippen molar-refractivity contribution in [2.24, 2.45) is 11.7 Å². The van der Waals surface area contributed by atoms with Crippen LogP contribution in [0, 0.1) is 5.92 Å². The molecule has 0 aliphatic heterocycles. The molecule has 0 aliphatic rings. The van der Waals surface area contributed by atoms with Crippen molar-refractivity contribution >= 4 is 11.6 Å². The van der Waals surface area contributed by atoms with Gasteiger partial charge in [0.1, 0.15) is 0 Å². The van der Waals surface area contributed by atoms with Gasteiger partial charge in [-0.15, -0.1) is 0 Å². The molecule has 1 amide bonds. The Bertz CT molecular complexity index is 534. The van der Waals surface area contributed by atoms with E-state index in [2.05, 4.69) is 20.0 Å². The van der Waals surface area contributed by atoms with Crippen LogP contribution >= 0.6 is 0 Å². The van der Waals surface area contributed by atoms with Gasteiger partial charge in [0.15, 0.2) is 0 Å². The zero-order valence-corrected chi connectivity index (χ0v) is 10.8. The molecular weight excluding hydrogens is 244 g/mol. The Kier molecular flexibility index (Phi) is 3.91. The summed E-state index contributed by atoms with van der Waals surface area (Å²) in [7, 11) is 0. The van der Waals surface area contributed by atoms with Crippen molar-refractivity contribution in [2.45, 2.75) is 19.9 Å². The van der Waals surface area contributed by atoms with E-state index >= 15 is 0 Å². The van der Waals surface area contributed by atoms with Crippen LogP contribution in [0.5, 0.6) is 0 Å². The minimum Gasteiger partial charge on any atom is -0.342 e. The van der Waals surface area contributed by atoms with Crippen molar-refractivity contribution in [1.29, 1.82) is 0 Å². The third kappa shape index (κ3) is 3.17. The summed E-state index contributed by atoms with van der Waals surface area (Å²) in [5.74, 6) is 0.181. The summed E-state index contributed by atoms with van der Waals surface area (Å²) >= 11 is 0. The van der Waals surface area contributed by atoms with Crippen LogP contribution in [0.2, 0.25) is 0 Å². The number of benzene rings is 1. The molecule has 0 saturated carbocycles. The fourth-order valence-corrected chi connectivity index (χ4v) is 1.50. The first-order chi connectivity index (χ1) is 9.08. The lowest BCUT2D eigenvalue weighted by atomic mass is 10.0. The lowest BCUT2D eigenvalue weighted by Gasteiger charge is -2.15. The Hall–Kier alpha value is -2.21. The van der Waals surface area contributed by atoms with E-state index in [-0.39, 0.29) is 17.9 Å². The Balaban J connectivity index is 2.05. The highest BCUT2D eigenvalue weighted by molar-refractivity contribution is 5.92. The average Bonchev–Trinajstić information content (AvgIpc) is 2.92. The van der Waals surface area contributed by atoms with Gasteiger partial charge in [-0.2, -0.15) is 4.98 Å². The molecule has 100 valence electrons. The van der Waals surface area contributed by atoms with Gasteiger partial charge in [0.05, 0.1) is 5.92 Å². The van der Waals surface area contributed by atoms with Crippen LogP contribution in [-0.4, -0.2) is 22.1 Å². The Morgan fingerprint density at radius 3 is 2.53 bits per heavy atom. The first kappa shape index (κ1) is 13.2. The molecule has 2 aromatic rings. The highest BCUT2D eigenvalue weighted by Crippen LogP contribution is 2.18. The van der Waals surface area contributed by atoms with Crippen molar-refractivity contribution in [1.82, 2.24) is 10.1 Å². The molecule has 6 nitrogen and oxygen atoms in total. The van der Waals surface area contributed by atoms with E-state index in [1.54, 1.807) is 19.1 Å². The molecule has 0 aliphatic carbocycles. The van der Waals surface area contributed by atoms with Crippen LogP contribution in [0.4, 0.5) is 5.69 Å². The molecule has 19 heavy (non-hydrogen) atoms. The van der Waals surface area contributed by atoms with Gasteiger partial charge in [-0.1, -0.05) is 12.1 Å². The van der Waals surface area contributed by atoms with E-state index in [4.69, 9.17) is 5.73 Å². The third-order valence-electron chi connectivity index (χ3n) is 2.97. The zero-order chi connectivity index (χ0) is 13.8. The minimum atomic E-state index is -0.239. The van der Waals surface area contributed by atoms with Crippen LogP contribution in [0.25, 0.3) is 11.4 Å². The van der Waals surface area contributed by atoms with Gasteiger partial charge < -0.3 is 15.6 Å². The number of hydrogen-bond donors (Lipinski definition) is 2. The molecule has 1 heterocycles. The number of anilines is 1. The molecule has 6 heteroatoms. The largest absolute Gasteiger partial charge is 0.342 e. The highest BCUT2D eigenvalue weighted by atomic mass is 16.5. The quantitative estimate of drug-likeness (QED) is 0.871. The number of nitrogens with two attached hydrogens (primary N) is 1. The van der Waals surface area contributed by atoms with Gasteiger partial charge in [0.25, 0.3) is 0 Å². The lowest BCUT2D eigenvalue weighted by molar-refractivity contribution is -0.119. The predicted molar refractivity (Wildman–Crippen MR) is 71.2 cm³/mol. The molecule has 0 radical (unpaired) electrons. The highest BCUT2D eigenvalue weighted by Gasteiger charge is 2.16. The van der Waals surface area contributed by atoms with Crippen LogP contribution in [0.3, 0.4) is 0 Å². The minimum absolute atomic E-state index is 0.0951. The van der Waals surface area contributed by atoms with E-state index in [0.717, 1.165) is 5.56 Å². The Morgan fingerprint density at radius 1 is 1.32 bits per heavy atom. The molecule has 3 N–H and O–H groups in total. The second kappa shape index (κ2) is 5.62. The first-order valence-electron chi connectivity index (χ1n) is 6.01. The fraction of sp³-hybridized carbons (Fsp3) is 0.308. The van der Waals surface area contributed by atoms with Crippen LogP contribution < -0.4 is 11.1 Å². The molecule has 0 saturated heterocycles. The lowest BCUT2D eigenvalue weighted by Crippen LogP contribution is -2.34. The number of hydrogen-bond acceptors (Lipinski definition) is 5. The smallest absolute Gasteiger partial charge is 0.228 e. The van der Waals surface area contributed by atoms with E-state index in [9.17, 15) is 4.79 Å². The van der Waals surface area contributed by atoms with E-state index in [1.165, 1.54) is 6.39 Å². The predicted octanol–water partition coefficient (Wildman–Crippen LogP) is 1.66. The van der Waals surface area contributed by atoms with Gasteiger partial charge in [-0.3, -0.25) is 4.79 Å². The molecule has 2 atom stereocenters. The number of rotatable bonds is 4. The summed E-state index contributed by atoms with van der Waals surface area (Å²) in [4.78, 5) is 15.8. The van der Waals surface area contributed by atoms with Crippen LogP contribution in [-0.2, 0) is 4.79 Å². The molecule has 1 aromatic heterocycles. The first-order valence-corrected chi connectivity index (χ1v) is 6.01. The molecular formula is C13H16N4O2.